The molecule has 1 aliphatic rings. The molecular formula is C29H26N4O4S. The maximum atomic E-state index is 12.7. The number of carbonyl (C=O) groups excluding carboxylic acids is 2. The standard InChI is InChI=1S/C29H26N4O4S/c1-36-28(35)21-12-6-5-11-20(21)23-14-15-24(37-23)27-26(22-13-7-8-17-30-22)32-29(38)33(27)18-16-25(34)31-19-9-3-2-4-10-19/h2-15,17,26-27H,16,18H2,1H3,(H,31,34)(H,32,38)/t26-,27+/m1/s1. The zero-order valence-electron chi connectivity index (χ0n) is 20.7. The number of hydrogen-bond donors (Lipinski definition) is 2. The van der Waals surface area contributed by atoms with Gasteiger partial charge >= 0.3 is 5.97 Å². The Balaban J connectivity index is 1.44. The number of benzene rings is 2. The lowest BCUT2D eigenvalue weighted by Gasteiger charge is -2.25. The monoisotopic (exact) mass is 526 g/mol. The predicted octanol–water partition coefficient (Wildman–Crippen LogP) is 5.13. The summed E-state index contributed by atoms with van der Waals surface area (Å²) >= 11 is 5.70. The molecule has 1 aliphatic heterocycles. The predicted molar refractivity (Wildman–Crippen MR) is 147 cm³/mol. The summed E-state index contributed by atoms with van der Waals surface area (Å²) in [6.45, 7) is 0.368. The van der Waals surface area contributed by atoms with Gasteiger partial charge in [0.05, 0.1) is 24.4 Å². The molecule has 8 nitrogen and oxygen atoms in total. The van der Waals surface area contributed by atoms with Crippen molar-refractivity contribution in [3.63, 3.8) is 0 Å². The number of nitrogens with one attached hydrogen (secondary N) is 2. The third-order valence-corrected chi connectivity index (χ3v) is 6.70. The minimum absolute atomic E-state index is 0.119. The lowest BCUT2D eigenvalue weighted by atomic mass is 10.0. The van der Waals surface area contributed by atoms with E-state index in [9.17, 15) is 9.59 Å². The SMILES string of the molecule is COC(=O)c1ccccc1-c1ccc([C@H]2[C@@H](c3ccccn3)NC(=S)N2CCC(=O)Nc2ccccc2)o1. The number of ether oxygens (including phenoxy) is 1. The summed E-state index contributed by atoms with van der Waals surface area (Å²) in [5.41, 5.74) is 2.57. The fourth-order valence-electron chi connectivity index (χ4n) is 4.56. The van der Waals surface area contributed by atoms with E-state index in [1.165, 1.54) is 7.11 Å². The number of furan rings is 1. The van der Waals surface area contributed by atoms with E-state index in [-0.39, 0.29) is 24.4 Å². The quantitative estimate of drug-likeness (QED) is 0.241. The number of esters is 1. The third kappa shape index (κ3) is 5.28. The third-order valence-electron chi connectivity index (χ3n) is 6.35. The molecule has 0 unspecified atom stereocenters. The molecule has 0 spiro atoms. The molecule has 2 aromatic heterocycles. The molecule has 9 heteroatoms. The van der Waals surface area contributed by atoms with Crippen molar-refractivity contribution < 1.29 is 18.7 Å². The highest BCUT2D eigenvalue weighted by atomic mass is 32.1. The van der Waals surface area contributed by atoms with E-state index in [4.69, 9.17) is 21.4 Å². The lowest BCUT2D eigenvalue weighted by molar-refractivity contribution is -0.116. The molecule has 0 saturated carbocycles. The molecule has 38 heavy (non-hydrogen) atoms. The number of anilines is 1. The summed E-state index contributed by atoms with van der Waals surface area (Å²) in [7, 11) is 1.35. The number of pyridine rings is 1. The number of methoxy groups -OCH3 is 1. The second-order valence-electron chi connectivity index (χ2n) is 8.72. The average molecular weight is 527 g/mol. The van der Waals surface area contributed by atoms with Crippen LogP contribution in [0.1, 0.15) is 40.3 Å². The fraction of sp³-hybridized carbons (Fsp3) is 0.172. The van der Waals surface area contributed by atoms with Gasteiger partial charge in [-0.1, -0.05) is 42.5 Å². The summed E-state index contributed by atoms with van der Waals surface area (Å²) in [5.74, 6) is 0.595. The van der Waals surface area contributed by atoms with E-state index < -0.39 is 5.97 Å². The highest BCUT2D eigenvalue weighted by Gasteiger charge is 2.41. The number of rotatable bonds is 8. The van der Waals surface area contributed by atoms with Crippen LogP contribution in [0.3, 0.4) is 0 Å². The number of amides is 1. The van der Waals surface area contributed by atoms with Crippen molar-refractivity contribution in [1.82, 2.24) is 15.2 Å². The van der Waals surface area contributed by atoms with Crippen molar-refractivity contribution >= 4 is 34.9 Å². The van der Waals surface area contributed by atoms with Crippen LogP contribution in [0.2, 0.25) is 0 Å². The minimum Gasteiger partial charge on any atom is -0.465 e. The molecule has 3 heterocycles. The molecule has 0 radical (unpaired) electrons. The van der Waals surface area contributed by atoms with Crippen LogP contribution in [0.4, 0.5) is 5.69 Å². The summed E-state index contributed by atoms with van der Waals surface area (Å²) in [6.07, 6.45) is 1.95. The second kappa shape index (κ2) is 11.3. The molecule has 2 atom stereocenters. The number of para-hydroxylation sites is 1. The van der Waals surface area contributed by atoms with Crippen LogP contribution in [0.15, 0.2) is 95.5 Å². The van der Waals surface area contributed by atoms with Crippen LogP contribution in [0, 0.1) is 0 Å². The van der Waals surface area contributed by atoms with Crippen molar-refractivity contribution in [3.8, 4) is 11.3 Å². The normalized spacial score (nSPS) is 16.7. The molecule has 4 aromatic rings. The van der Waals surface area contributed by atoms with Gasteiger partial charge in [0.2, 0.25) is 5.91 Å². The highest BCUT2D eigenvalue weighted by molar-refractivity contribution is 7.80. The van der Waals surface area contributed by atoms with Crippen molar-refractivity contribution in [2.75, 3.05) is 19.0 Å². The maximum absolute atomic E-state index is 12.7. The van der Waals surface area contributed by atoms with Gasteiger partial charge in [0.25, 0.3) is 0 Å². The van der Waals surface area contributed by atoms with Gasteiger partial charge in [-0.15, -0.1) is 0 Å². The van der Waals surface area contributed by atoms with Gasteiger partial charge in [-0.3, -0.25) is 9.78 Å². The summed E-state index contributed by atoms with van der Waals surface area (Å²) in [5, 5.41) is 6.78. The van der Waals surface area contributed by atoms with E-state index >= 15 is 0 Å². The Morgan fingerprint density at radius 3 is 2.55 bits per heavy atom. The summed E-state index contributed by atoms with van der Waals surface area (Å²) in [6, 6.07) is 25.2. The Kier molecular flexibility index (Phi) is 7.46. The smallest absolute Gasteiger partial charge is 0.338 e. The van der Waals surface area contributed by atoms with Gasteiger partial charge in [-0.05, 0) is 54.7 Å². The first-order valence-corrected chi connectivity index (χ1v) is 12.6. The van der Waals surface area contributed by atoms with Crippen LogP contribution < -0.4 is 10.6 Å². The zero-order chi connectivity index (χ0) is 26.5. The van der Waals surface area contributed by atoms with Gasteiger partial charge in [-0.25, -0.2) is 4.79 Å². The van der Waals surface area contributed by atoms with Crippen LogP contribution in [0.5, 0.6) is 0 Å². The van der Waals surface area contributed by atoms with E-state index in [1.807, 2.05) is 77.7 Å². The topological polar surface area (TPSA) is 96.7 Å². The highest BCUT2D eigenvalue weighted by Crippen LogP contribution is 2.40. The zero-order valence-corrected chi connectivity index (χ0v) is 21.5. The number of hydrogen-bond acceptors (Lipinski definition) is 6. The molecule has 1 amide bonds. The van der Waals surface area contributed by atoms with Crippen molar-refractivity contribution in [3.05, 3.63) is 108 Å². The van der Waals surface area contributed by atoms with Crippen molar-refractivity contribution in [2.24, 2.45) is 0 Å². The molecule has 2 aromatic carbocycles. The van der Waals surface area contributed by atoms with Crippen LogP contribution in [-0.4, -0.2) is 40.5 Å². The number of thiocarbonyl (C=S) groups is 1. The average Bonchev–Trinajstić information content (AvgIpc) is 3.57. The van der Waals surface area contributed by atoms with E-state index in [0.29, 0.717) is 34.3 Å². The second-order valence-corrected chi connectivity index (χ2v) is 9.11. The largest absolute Gasteiger partial charge is 0.465 e. The van der Waals surface area contributed by atoms with Gasteiger partial charge < -0.3 is 24.7 Å². The van der Waals surface area contributed by atoms with Crippen molar-refractivity contribution in [2.45, 2.75) is 18.5 Å². The molecule has 192 valence electrons. The van der Waals surface area contributed by atoms with Gasteiger partial charge in [0.1, 0.15) is 17.6 Å². The van der Waals surface area contributed by atoms with Gasteiger partial charge in [0, 0.05) is 30.4 Å². The minimum atomic E-state index is -0.445. The number of aromatic nitrogens is 1. The molecular weight excluding hydrogens is 500 g/mol. The first-order chi connectivity index (χ1) is 18.5. The summed E-state index contributed by atoms with van der Waals surface area (Å²) in [4.78, 5) is 31.5. The molecule has 5 rings (SSSR count). The summed E-state index contributed by atoms with van der Waals surface area (Å²) < 4.78 is 11.3. The van der Waals surface area contributed by atoms with Crippen molar-refractivity contribution in [1.29, 1.82) is 0 Å². The Bertz CT molecular complexity index is 1440. The molecule has 0 aliphatic carbocycles. The first kappa shape index (κ1) is 25.2. The number of nitrogens with zero attached hydrogens (tertiary/aromatic N) is 2. The number of carbonyl (C=O) groups is 2. The van der Waals surface area contributed by atoms with Crippen LogP contribution >= 0.6 is 12.2 Å². The van der Waals surface area contributed by atoms with Gasteiger partial charge in [-0.2, -0.15) is 0 Å². The molecule has 2 N–H and O–H groups in total. The Morgan fingerprint density at radius 2 is 1.79 bits per heavy atom. The lowest BCUT2D eigenvalue weighted by Crippen LogP contribution is -2.32. The Morgan fingerprint density at radius 1 is 1.03 bits per heavy atom. The fourth-order valence-corrected chi connectivity index (χ4v) is 4.90. The maximum Gasteiger partial charge on any atom is 0.338 e. The van der Waals surface area contributed by atoms with E-state index in [0.717, 1.165) is 11.4 Å². The van der Waals surface area contributed by atoms with E-state index in [2.05, 4.69) is 15.6 Å². The van der Waals surface area contributed by atoms with Crippen LogP contribution in [0.25, 0.3) is 11.3 Å². The van der Waals surface area contributed by atoms with E-state index in [1.54, 1.807) is 18.3 Å². The Labute approximate surface area is 225 Å². The molecule has 1 saturated heterocycles. The first-order valence-electron chi connectivity index (χ1n) is 12.2. The molecule has 1 fully saturated rings. The van der Waals surface area contributed by atoms with Gasteiger partial charge in [0.15, 0.2) is 5.11 Å². The van der Waals surface area contributed by atoms with Crippen LogP contribution in [-0.2, 0) is 9.53 Å². The molecule has 0 bridgehead atoms. The Hall–Kier alpha value is -4.50.